The fraction of sp³-hybridized carbons (Fsp3) is 0.0476. The van der Waals surface area contributed by atoms with Gasteiger partial charge < -0.3 is 4.42 Å². The van der Waals surface area contributed by atoms with Gasteiger partial charge in [-0.3, -0.25) is 20.4 Å². The highest BCUT2D eigenvalue weighted by molar-refractivity contribution is 7.98. The summed E-state index contributed by atoms with van der Waals surface area (Å²) in [6.07, 6.45) is 3.28. The first kappa shape index (κ1) is 19.6. The van der Waals surface area contributed by atoms with Gasteiger partial charge in [0.25, 0.3) is 5.91 Å². The van der Waals surface area contributed by atoms with Crippen molar-refractivity contribution in [3.63, 3.8) is 0 Å². The molecule has 0 aliphatic heterocycles. The molecule has 9 heteroatoms. The van der Waals surface area contributed by atoms with Crippen molar-refractivity contribution in [2.45, 2.75) is 10.9 Å². The SMILES string of the molecule is O=C(NNC(=O)c1oc2ccccc2c1CSc1ncccn1)c1ccc(F)cc1. The lowest BCUT2D eigenvalue weighted by Crippen LogP contribution is -2.41. The van der Waals surface area contributed by atoms with E-state index in [4.69, 9.17) is 4.42 Å². The number of carbonyl (C=O) groups excluding carboxylic acids is 2. The van der Waals surface area contributed by atoms with Crippen LogP contribution in [0.25, 0.3) is 11.0 Å². The lowest BCUT2D eigenvalue weighted by molar-refractivity contribution is 0.0831. The Kier molecular flexibility index (Phi) is 5.71. The van der Waals surface area contributed by atoms with E-state index in [1.165, 1.54) is 23.9 Å². The molecule has 30 heavy (non-hydrogen) atoms. The van der Waals surface area contributed by atoms with Gasteiger partial charge in [-0.2, -0.15) is 0 Å². The van der Waals surface area contributed by atoms with Gasteiger partial charge in [-0.1, -0.05) is 30.0 Å². The Balaban J connectivity index is 1.52. The maximum atomic E-state index is 13.0. The van der Waals surface area contributed by atoms with Gasteiger partial charge in [0.15, 0.2) is 10.9 Å². The van der Waals surface area contributed by atoms with E-state index in [0.29, 0.717) is 22.1 Å². The molecule has 2 aromatic heterocycles. The van der Waals surface area contributed by atoms with Gasteiger partial charge in [0.05, 0.1) is 0 Å². The summed E-state index contributed by atoms with van der Waals surface area (Å²) in [5.74, 6) is -1.16. The Hall–Kier alpha value is -3.72. The molecule has 7 nitrogen and oxygen atoms in total. The van der Waals surface area contributed by atoms with Gasteiger partial charge in [-0.25, -0.2) is 14.4 Å². The molecule has 0 spiro atoms. The van der Waals surface area contributed by atoms with Crippen molar-refractivity contribution in [1.29, 1.82) is 0 Å². The number of nitrogens with zero attached hydrogens (tertiary/aromatic N) is 2. The van der Waals surface area contributed by atoms with Crippen molar-refractivity contribution in [2.75, 3.05) is 0 Å². The summed E-state index contributed by atoms with van der Waals surface area (Å²) < 4.78 is 18.7. The summed E-state index contributed by atoms with van der Waals surface area (Å²) in [5, 5.41) is 1.36. The second-order valence-corrected chi connectivity index (χ2v) is 7.08. The van der Waals surface area contributed by atoms with Crippen LogP contribution < -0.4 is 10.9 Å². The van der Waals surface area contributed by atoms with E-state index < -0.39 is 17.6 Å². The molecule has 0 aliphatic carbocycles. The molecule has 0 unspecified atom stereocenters. The smallest absolute Gasteiger partial charge is 0.305 e. The van der Waals surface area contributed by atoms with E-state index in [1.807, 2.05) is 12.1 Å². The number of benzene rings is 2. The van der Waals surface area contributed by atoms with Gasteiger partial charge >= 0.3 is 5.91 Å². The largest absolute Gasteiger partial charge is 0.451 e. The number of thioether (sulfide) groups is 1. The predicted molar refractivity (Wildman–Crippen MR) is 109 cm³/mol. The Morgan fingerprint density at radius 1 is 0.933 bits per heavy atom. The van der Waals surface area contributed by atoms with E-state index in [9.17, 15) is 14.0 Å². The molecule has 0 radical (unpaired) electrons. The molecule has 4 rings (SSSR count). The zero-order valence-corrected chi connectivity index (χ0v) is 16.3. The highest BCUT2D eigenvalue weighted by Crippen LogP contribution is 2.30. The number of para-hydroxylation sites is 1. The van der Waals surface area contributed by atoms with Crippen LogP contribution in [0.4, 0.5) is 4.39 Å². The second kappa shape index (κ2) is 8.75. The first-order valence-electron chi connectivity index (χ1n) is 8.88. The van der Waals surface area contributed by atoms with Crippen molar-refractivity contribution in [1.82, 2.24) is 20.8 Å². The average Bonchev–Trinajstić information content (AvgIpc) is 3.16. The molecule has 2 heterocycles. The van der Waals surface area contributed by atoms with Gasteiger partial charge in [0, 0.05) is 34.7 Å². The van der Waals surface area contributed by atoms with Gasteiger partial charge in [0.2, 0.25) is 0 Å². The number of aromatic nitrogens is 2. The molecular weight excluding hydrogens is 407 g/mol. The molecule has 2 N–H and O–H groups in total. The van der Waals surface area contributed by atoms with Crippen LogP contribution in [0.5, 0.6) is 0 Å². The number of halogens is 1. The number of hydrogen-bond acceptors (Lipinski definition) is 6. The summed E-state index contributed by atoms with van der Waals surface area (Å²) in [5.41, 5.74) is 6.08. The van der Waals surface area contributed by atoms with Crippen LogP contribution in [-0.2, 0) is 5.75 Å². The fourth-order valence-corrected chi connectivity index (χ4v) is 3.60. The molecule has 0 atom stereocenters. The van der Waals surface area contributed by atoms with Gasteiger partial charge in [0.1, 0.15) is 11.4 Å². The molecule has 0 saturated carbocycles. The monoisotopic (exact) mass is 422 g/mol. The number of amides is 2. The molecule has 2 aromatic carbocycles. The highest BCUT2D eigenvalue weighted by atomic mass is 32.2. The minimum Gasteiger partial charge on any atom is -0.451 e. The third-order valence-corrected chi connectivity index (χ3v) is 5.09. The van der Waals surface area contributed by atoms with Crippen LogP contribution in [-0.4, -0.2) is 21.8 Å². The lowest BCUT2D eigenvalue weighted by atomic mass is 10.1. The van der Waals surface area contributed by atoms with Gasteiger partial charge in [-0.05, 0) is 36.4 Å². The standard InChI is InChI=1S/C21H15FN4O3S/c22-14-8-6-13(7-9-14)19(27)25-26-20(28)18-16(12-30-21-23-10-3-11-24-21)15-4-1-2-5-17(15)29-18/h1-11H,12H2,(H,25,27)(H,26,28). The number of carbonyl (C=O) groups is 2. The van der Waals surface area contributed by atoms with Crippen LogP contribution in [0, 0.1) is 5.82 Å². The molecule has 0 fully saturated rings. The number of fused-ring (bicyclic) bond motifs is 1. The van der Waals surface area contributed by atoms with Crippen molar-refractivity contribution in [3.8, 4) is 0 Å². The minimum absolute atomic E-state index is 0.0824. The maximum absolute atomic E-state index is 13.0. The molecule has 0 saturated heterocycles. The molecule has 0 bridgehead atoms. The van der Waals surface area contributed by atoms with E-state index in [2.05, 4.69) is 20.8 Å². The quantitative estimate of drug-likeness (QED) is 0.289. The molecule has 2 amide bonds. The van der Waals surface area contributed by atoms with Crippen LogP contribution in [0.2, 0.25) is 0 Å². The van der Waals surface area contributed by atoms with Crippen molar-refractivity contribution >= 4 is 34.5 Å². The minimum atomic E-state index is -0.605. The lowest BCUT2D eigenvalue weighted by Gasteiger charge is -2.07. The fourth-order valence-electron chi connectivity index (χ4n) is 2.77. The average molecular weight is 422 g/mol. The molecule has 150 valence electrons. The topological polar surface area (TPSA) is 97.1 Å². The second-order valence-electron chi connectivity index (χ2n) is 6.14. The zero-order chi connectivity index (χ0) is 20.9. The summed E-state index contributed by atoms with van der Waals surface area (Å²) >= 11 is 1.36. The zero-order valence-electron chi connectivity index (χ0n) is 15.5. The summed E-state index contributed by atoms with van der Waals surface area (Å²) in [6, 6.07) is 14.0. The number of hydrogen-bond donors (Lipinski definition) is 2. The predicted octanol–water partition coefficient (Wildman–Crippen LogP) is 3.73. The Bertz CT molecular complexity index is 1200. The summed E-state index contributed by atoms with van der Waals surface area (Å²) in [7, 11) is 0. The Morgan fingerprint density at radius 3 is 2.40 bits per heavy atom. The Labute approximate surface area is 174 Å². The summed E-state index contributed by atoms with van der Waals surface area (Å²) in [4.78, 5) is 33.2. The van der Waals surface area contributed by atoms with Crippen molar-refractivity contribution < 1.29 is 18.4 Å². The van der Waals surface area contributed by atoms with E-state index in [0.717, 1.165) is 17.5 Å². The van der Waals surface area contributed by atoms with Crippen LogP contribution in [0.15, 0.2) is 76.6 Å². The third kappa shape index (κ3) is 4.31. The van der Waals surface area contributed by atoms with Crippen molar-refractivity contribution in [3.05, 3.63) is 89.7 Å². The van der Waals surface area contributed by atoms with Gasteiger partial charge in [-0.15, -0.1) is 0 Å². The van der Waals surface area contributed by atoms with Crippen molar-refractivity contribution in [2.24, 2.45) is 0 Å². The van der Waals surface area contributed by atoms with Crippen LogP contribution >= 0.6 is 11.8 Å². The number of rotatable bonds is 5. The first-order valence-corrected chi connectivity index (χ1v) is 9.87. The number of nitrogens with one attached hydrogen (secondary N) is 2. The van der Waals surface area contributed by atoms with E-state index in [-0.39, 0.29) is 11.3 Å². The first-order chi connectivity index (χ1) is 14.6. The Morgan fingerprint density at radius 2 is 1.63 bits per heavy atom. The third-order valence-electron chi connectivity index (χ3n) is 4.19. The number of hydrazine groups is 1. The van der Waals surface area contributed by atoms with E-state index in [1.54, 1.807) is 30.6 Å². The summed E-state index contributed by atoms with van der Waals surface area (Å²) in [6.45, 7) is 0. The molecule has 4 aromatic rings. The van der Waals surface area contributed by atoms with E-state index >= 15 is 0 Å². The molecular formula is C21H15FN4O3S. The maximum Gasteiger partial charge on any atom is 0.305 e. The van der Waals surface area contributed by atoms with Crippen LogP contribution in [0.1, 0.15) is 26.5 Å². The molecule has 0 aliphatic rings. The normalized spacial score (nSPS) is 10.7. The number of furan rings is 1. The highest BCUT2D eigenvalue weighted by Gasteiger charge is 2.21. The van der Waals surface area contributed by atoms with Crippen LogP contribution in [0.3, 0.4) is 0 Å².